The third-order valence-electron chi connectivity index (χ3n) is 3.50. The molecular weight excluding hydrogens is 246 g/mol. The Bertz CT molecular complexity index is 728. The number of hydrogen-bond acceptors (Lipinski definition) is 3. The fraction of sp³-hybridized carbons (Fsp3) is 0.286. The second kappa shape index (κ2) is 4.12. The van der Waals surface area contributed by atoms with Gasteiger partial charge in [0.05, 0.1) is 5.52 Å². The maximum atomic E-state index is 12.2. The van der Waals surface area contributed by atoms with E-state index < -0.39 is 22.8 Å². The number of aromatic nitrogens is 1. The average Bonchev–Trinajstić information content (AvgIpc) is 3.18. The number of carbonyl (C=O) groups is 1. The summed E-state index contributed by atoms with van der Waals surface area (Å²) in [6, 6.07) is 6.83. The Kier molecular flexibility index (Phi) is 2.55. The van der Waals surface area contributed by atoms with E-state index in [0.29, 0.717) is 23.4 Å². The zero-order chi connectivity index (χ0) is 13.6. The molecule has 0 bridgehead atoms. The van der Waals surface area contributed by atoms with Gasteiger partial charge in [0, 0.05) is 11.9 Å². The Morgan fingerprint density at radius 3 is 2.63 bits per heavy atom. The van der Waals surface area contributed by atoms with Crippen LogP contribution in [0.15, 0.2) is 29.1 Å². The number of rotatable bonds is 3. The highest BCUT2D eigenvalue weighted by Gasteiger charge is 2.26. The lowest BCUT2D eigenvalue weighted by Crippen LogP contribution is -2.27. The first-order valence-electron chi connectivity index (χ1n) is 6.17. The lowest BCUT2D eigenvalue weighted by molar-refractivity contribution is 0.0691. The number of benzene rings is 1. The molecule has 1 aromatic heterocycles. The predicted molar refractivity (Wildman–Crippen MR) is 69.6 cm³/mol. The Morgan fingerprint density at radius 2 is 2.00 bits per heavy atom. The van der Waals surface area contributed by atoms with Crippen molar-refractivity contribution in [3.63, 3.8) is 0 Å². The van der Waals surface area contributed by atoms with Crippen LogP contribution in [-0.2, 0) is 6.54 Å². The molecule has 0 spiro atoms. The van der Waals surface area contributed by atoms with Crippen LogP contribution in [0.2, 0.25) is 0 Å². The summed E-state index contributed by atoms with van der Waals surface area (Å²) in [5.41, 5.74) is -0.586. The van der Waals surface area contributed by atoms with Gasteiger partial charge < -0.3 is 14.8 Å². The monoisotopic (exact) mass is 259 g/mol. The van der Waals surface area contributed by atoms with E-state index in [1.165, 1.54) is 4.57 Å². The molecule has 3 rings (SSSR count). The van der Waals surface area contributed by atoms with E-state index in [4.69, 9.17) is 5.11 Å². The number of pyridine rings is 1. The van der Waals surface area contributed by atoms with E-state index >= 15 is 0 Å². The van der Waals surface area contributed by atoms with Crippen molar-refractivity contribution in [3.8, 4) is 5.75 Å². The molecule has 2 N–H and O–H groups in total. The van der Waals surface area contributed by atoms with Gasteiger partial charge in [-0.3, -0.25) is 4.79 Å². The summed E-state index contributed by atoms with van der Waals surface area (Å²) in [5.74, 6) is -1.40. The highest BCUT2D eigenvalue weighted by Crippen LogP contribution is 2.33. The van der Waals surface area contributed by atoms with E-state index in [2.05, 4.69) is 0 Å². The first-order chi connectivity index (χ1) is 9.09. The van der Waals surface area contributed by atoms with Gasteiger partial charge in [-0.2, -0.15) is 0 Å². The van der Waals surface area contributed by atoms with Gasteiger partial charge in [0.25, 0.3) is 5.56 Å². The SMILES string of the molecule is O=C(O)c1c(O)c2ccccc2n(CC2CC2)c1=O. The van der Waals surface area contributed by atoms with Crippen molar-refractivity contribution in [2.24, 2.45) is 5.92 Å². The van der Waals surface area contributed by atoms with E-state index in [9.17, 15) is 14.7 Å². The summed E-state index contributed by atoms with van der Waals surface area (Å²) in [5, 5.41) is 19.5. The van der Waals surface area contributed by atoms with Crippen molar-refractivity contribution in [3.05, 3.63) is 40.2 Å². The van der Waals surface area contributed by atoms with E-state index in [1.54, 1.807) is 24.3 Å². The maximum absolute atomic E-state index is 12.2. The van der Waals surface area contributed by atoms with Crippen molar-refractivity contribution >= 4 is 16.9 Å². The third-order valence-corrected chi connectivity index (χ3v) is 3.50. The number of hydrogen-bond donors (Lipinski definition) is 2. The normalized spacial score (nSPS) is 14.7. The lowest BCUT2D eigenvalue weighted by atomic mass is 10.1. The number of carboxylic acid groups (broad SMARTS) is 1. The molecule has 0 saturated heterocycles. The number of fused-ring (bicyclic) bond motifs is 1. The van der Waals surface area contributed by atoms with Crippen LogP contribution in [0, 0.1) is 5.92 Å². The molecule has 2 aromatic rings. The van der Waals surface area contributed by atoms with Gasteiger partial charge in [0.2, 0.25) is 0 Å². The molecule has 1 aliphatic rings. The fourth-order valence-electron chi connectivity index (χ4n) is 2.32. The standard InChI is InChI=1S/C14H13NO4/c16-12-9-3-1-2-4-10(9)15(7-8-5-6-8)13(17)11(12)14(18)19/h1-4,8,16H,5-7H2,(H,18,19). The highest BCUT2D eigenvalue weighted by molar-refractivity contribution is 5.98. The highest BCUT2D eigenvalue weighted by atomic mass is 16.4. The molecule has 1 saturated carbocycles. The van der Waals surface area contributed by atoms with Crippen molar-refractivity contribution < 1.29 is 15.0 Å². The van der Waals surface area contributed by atoms with Crippen LogP contribution < -0.4 is 5.56 Å². The Hall–Kier alpha value is -2.30. The molecule has 0 aliphatic heterocycles. The van der Waals surface area contributed by atoms with Gasteiger partial charge in [-0.05, 0) is 30.9 Å². The molecule has 0 amide bonds. The van der Waals surface area contributed by atoms with Crippen molar-refractivity contribution in [1.82, 2.24) is 4.57 Å². The maximum Gasteiger partial charge on any atom is 0.345 e. The van der Waals surface area contributed by atoms with Crippen LogP contribution in [0.25, 0.3) is 10.9 Å². The van der Waals surface area contributed by atoms with E-state index in [0.717, 1.165) is 12.8 Å². The van der Waals surface area contributed by atoms with Crippen molar-refractivity contribution in [2.75, 3.05) is 0 Å². The van der Waals surface area contributed by atoms with Crippen LogP contribution >= 0.6 is 0 Å². The number of aromatic hydroxyl groups is 1. The van der Waals surface area contributed by atoms with Gasteiger partial charge in [-0.15, -0.1) is 0 Å². The van der Waals surface area contributed by atoms with Crippen molar-refractivity contribution in [2.45, 2.75) is 19.4 Å². The van der Waals surface area contributed by atoms with Crippen LogP contribution in [-0.4, -0.2) is 20.7 Å². The molecule has 1 aromatic carbocycles. The quantitative estimate of drug-likeness (QED) is 0.881. The van der Waals surface area contributed by atoms with Gasteiger partial charge in [0.15, 0.2) is 5.56 Å². The van der Waals surface area contributed by atoms with E-state index in [-0.39, 0.29) is 0 Å². The molecule has 98 valence electrons. The number of para-hydroxylation sites is 1. The summed E-state index contributed by atoms with van der Waals surface area (Å²) in [7, 11) is 0. The molecule has 1 heterocycles. The smallest absolute Gasteiger partial charge is 0.345 e. The summed E-state index contributed by atoms with van der Waals surface area (Å²) < 4.78 is 1.47. The summed E-state index contributed by atoms with van der Waals surface area (Å²) in [6.45, 7) is 0.514. The fourth-order valence-corrected chi connectivity index (χ4v) is 2.32. The summed E-state index contributed by atoms with van der Waals surface area (Å²) in [4.78, 5) is 23.4. The number of nitrogens with zero attached hydrogens (tertiary/aromatic N) is 1. The second-order valence-electron chi connectivity index (χ2n) is 4.91. The second-order valence-corrected chi connectivity index (χ2v) is 4.91. The van der Waals surface area contributed by atoms with Crippen LogP contribution in [0.3, 0.4) is 0 Å². The molecule has 19 heavy (non-hydrogen) atoms. The largest absolute Gasteiger partial charge is 0.506 e. The number of aromatic carboxylic acids is 1. The van der Waals surface area contributed by atoms with E-state index in [1.807, 2.05) is 0 Å². The van der Waals surface area contributed by atoms with Gasteiger partial charge in [-0.1, -0.05) is 12.1 Å². The Labute approximate surface area is 108 Å². The molecule has 5 heteroatoms. The zero-order valence-corrected chi connectivity index (χ0v) is 10.2. The minimum atomic E-state index is -1.39. The number of carboxylic acids is 1. The molecule has 1 fully saturated rings. The minimum Gasteiger partial charge on any atom is -0.506 e. The Balaban J connectivity index is 2.37. The first-order valence-corrected chi connectivity index (χ1v) is 6.17. The molecular formula is C14H13NO4. The van der Waals surface area contributed by atoms with Gasteiger partial charge >= 0.3 is 5.97 Å². The Morgan fingerprint density at radius 1 is 1.32 bits per heavy atom. The van der Waals surface area contributed by atoms with Crippen LogP contribution in [0.4, 0.5) is 0 Å². The molecule has 0 unspecified atom stereocenters. The predicted octanol–water partition coefficient (Wildman–Crippen LogP) is 1.82. The van der Waals surface area contributed by atoms with Gasteiger partial charge in [0.1, 0.15) is 5.75 Å². The van der Waals surface area contributed by atoms with Crippen LogP contribution in [0.1, 0.15) is 23.2 Å². The molecule has 0 atom stereocenters. The third kappa shape index (κ3) is 1.87. The molecule has 0 radical (unpaired) electrons. The van der Waals surface area contributed by atoms with Crippen LogP contribution in [0.5, 0.6) is 5.75 Å². The summed E-state index contributed by atoms with van der Waals surface area (Å²) in [6.07, 6.45) is 2.12. The lowest BCUT2D eigenvalue weighted by Gasteiger charge is -2.12. The molecule has 1 aliphatic carbocycles. The summed E-state index contributed by atoms with van der Waals surface area (Å²) >= 11 is 0. The minimum absolute atomic E-state index is 0.403. The first kappa shape index (κ1) is 11.8. The molecule has 5 nitrogen and oxygen atoms in total. The van der Waals surface area contributed by atoms with Gasteiger partial charge in [-0.25, -0.2) is 4.79 Å². The topological polar surface area (TPSA) is 79.5 Å². The zero-order valence-electron chi connectivity index (χ0n) is 10.2. The average molecular weight is 259 g/mol. The van der Waals surface area contributed by atoms with Crippen molar-refractivity contribution in [1.29, 1.82) is 0 Å².